The molecule has 7 heteroatoms. The predicted molar refractivity (Wildman–Crippen MR) is 107 cm³/mol. The molecule has 138 valence electrons. The number of thiol groups is 1. The molecule has 1 unspecified atom stereocenters. The molecule has 5 nitrogen and oxygen atoms in total. The molecule has 3 N–H and O–H groups in total. The van der Waals surface area contributed by atoms with E-state index in [1.807, 2.05) is 0 Å². The van der Waals surface area contributed by atoms with Crippen molar-refractivity contribution in [2.45, 2.75) is 4.90 Å². The van der Waals surface area contributed by atoms with Gasteiger partial charge in [0.2, 0.25) is 0 Å². The van der Waals surface area contributed by atoms with Crippen molar-refractivity contribution >= 4 is 27.9 Å². The molecule has 1 amide bonds. The van der Waals surface area contributed by atoms with E-state index in [0.29, 0.717) is 21.8 Å². The molecule has 0 heterocycles. The first kappa shape index (κ1) is 18.6. The Bertz CT molecular complexity index is 1060. The van der Waals surface area contributed by atoms with Gasteiger partial charge in [-0.15, -0.1) is 0 Å². The van der Waals surface area contributed by atoms with Gasteiger partial charge in [-0.25, -0.2) is 13.0 Å². The third-order valence-electron chi connectivity index (χ3n) is 4.01. The normalized spacial score (nSPS) is 11.9. The lowest BCUT2D eigenvalue weighted by Crippen LogP contribution is -2.13. The third kappa shape index (κ3) is 4.32. The molecule has 0 aliphatic carbocycles. The maximum absolute atomic E-state index is 13.1. The minimum Gasteiger partial charge on any atom is -0.397 e. The Labute approximate surface area is 158 Å². The van der Waals surface area contributed by atoms with Crippen LogP contribution in [0.1, 0.15) is 10.4 Å². The van der Waals surface area contributed by atoms with E-state index in [0.717, 1.165) is 11.1 Å². The van der Waals surface area contributed by atoms with Gasteiger partial charge in [-0.3, -0.25) is 4.79 Å². The van der Waals surface area contributed by atoms with E-state index >= 15 is 0 Å². The van der Waals surface area contributed by atoms with Crippen LogP contribution in [0.2, 0.25) is 0 Å². The fourth-order valence-electron chi connectivity index (χ4n) is 2.54. The Kier molecular flexibility index (Phi) is 5.52. The lowest BCUT2D eigenvalue weighted by Gasteiger charge is -2.11. The average Bonchev–Trinajstić information content (AvgIpc) is 2.69. The van der Waals surface area contributed by atoms with Crippen molar-refractivity contribution in [3.05, 3.63) is 78.1 Å². The summed E-state index contributed by atoms with van der Waals surface area (Å²) < 4.78 is 28.5. The smallest absolute Gasteiger partial charge is 0.255 e. The van der Waals surface area contributed by atoms with Crippen molar-refractivity contribution in [3.8, 4) is 11.1 Å². The van der Waals surface area contributed by atoms with Gasteiger partial charge in [-0.2, -0.15) is 0 Å². The van der Waals surface area contributed by atoms with E-state index in [1.54, 1.807) is 54.6 Å². The minimum absolute atomic E-state index is 0.316. The summed E-state index contributed by atoms with van der Waals surface area (Å²) in [4.78, 5) is 13.1. The molecule has 0 fully saturated rings. The van der Waals surface area contributed by atoms with Crippen LogP contribution in [-0.2, 0) is 10.6 Å². The number of anilines is 2. The topological polar surface area (TPSA) is 84.5 Å². The van der Waals surface area contributed by atoms with Crippen molar-refractivity contribution in [2.24, 2.45) is 4.36 Å². The highest BCUT2D eigenvalue weighted by molar-refractivity contribution is 7.75. The lowest BCUT2D eigenvalue weighted by molar-refractivity contribution is 0.102. The van der Waals surface area contributed by atoms with E-state index in [-0.39, 0.29) is 11.7 Å². The summed E-state index contributed by atoms with van der Waals surface area (Å²) in [7, 11) is -0.312. The van der Waals surface area contributed by atoms with E-state index in [9.17, 15) is 13.4 Å². The van der Waals surface area contributed by atoms with Crippen LogP contribution in [0.15, 0.2) is 76.0 Å². The Hall–Kier alpha value is -3.19. The number of benzene rings is 3. The maximum Gasteiger partial charge on any atom is 0.255 e. The molecule has 0 saturated heterocycles. The number of carbonyl (C=O) groups excluding carboxylic acids is 1. The van der Waals surface area contributed by atoms with Crippen LogP contribution in [0.25, 0.3) is 11.1 Å². The van der Waals surface area contributed by atoms with Gasteiger partial charge in [-0.1, -0.05) is 18.2 Å². The summed E-state index contributed by atoms with van der Waals surface area (Å²) in [5.41, 5.74) is 8.87. The van der Waals surface area contributed by atoms with Gasteiger partial charge in [0.25, 0.3) is 5.91 Å². The molecule has 0 aliphatic heterocycles. The molecule has 0 spiro atoms. The summed E-state index contributed by atoms with van der Waals surface area (Å²) in [5.74, 6) is -0.656. The molecule has 0 aromatic heterocycles. The van der Waals surface area contributed by atoms with Gasteiger partial charge in [0.05, 0.1) is 22.0 Å². The Morgan fingerprint density at radius 1 is 1.00 bits per heavy atom. The second kappa shape index (κ2) is 8.01. The van der Waals surface area contributed by atoms with Crippen molar-refractivity contribution in [1.29, 1.82) is 0 Å². The number of halogens is 1. The van der Waals surface area contributed by atoms with Gasteiger partial charge in [0.1, 0.15) is 5.82 Å². The molecule has 1 atom stereocenters. The molecule has 27 heavy (non-hydrogen) atoms. The minimum atomic E-state index is -1.79. The molecule has 0 aliphatic rings. The van der Waals surface area contributed by atoms with Gasteiger partial charge in [0, 0.05) is 17.5 Å². The number of rotatable bonds is 4. The molecular formula is C20H18FN3O2S. The first-order chi connectivity index (χ1) is 13.0. The quantitative estimate of drug-likeness (QED) is 0.471. The van der Waals surface area contributed by atoms with Crippen molar-refractivity contribution < 1.29 is 13.4 Å². The van der Waals surface area contributed by atoms with Crippen LogP contribution < -0.4 is 11.1 Å². The molecule has 3 aromatic rings. The second-order valence-electron chi connectivity index (χ2n) is 5.78. The number of nitrogens with two attached hydrogens (primary N) is 1. The highest BCUT2D eigenvalue weighted by Gasteiger charge is 2.10. The molecular weight excluding hydrogens is 365 g/mol. The van der Waals surface area contributed by atoms with Crippen LogP contribution in [0.5, 0.6) is 0 Å². The molecule has 3 aromatic carbocycles. The SMILES string of the molecule is C/N=[SH](=O)/c1ccc(C(=O)Nc2cc(-c3ccc(F)cc3)ccc2N)cc1. The number of hydrogen-bond donors (Lipinski definition) is 3. The molecule has 0 radical (unpaired) electrons. The van der Waals surface area contributed by atoms with Crippen LogP contribution in [0.4, 0.5) is 15.8 Å². The van der Waals surface area contributed by atoms with Gasteiger partial charge in [0.15, 0.2) is 0 Å². The summed E-state index contributed by atoms with van der Waals surface area (Å²) in [6.07, 6.45) is 0. The summed E-state index contributed by atoms with van der Waals surface area (Å²) in [6.45, 7) is 0. The Morgan fingerprint density at radius 2 is 1.63 bits per heavy atom. The first-order valence-corrected chi connectivity index (χ1v) is 9.33. The van der Waals surface area contributed by atoms with E-state index in [2.05, 4.69) is 9.68 Å². The van der Waals surface area contributed by atoms with Gasteiger partial charge < -0.3 is 11.1 Å². The van der Waals surface area contributed by atoms with Crippen molar-refractivity contribution in [1.82, 2.24) is 0 Å². The zero-order valence-electron chi connectivity index (χ0n) is 14.5. The number of nitrogens with one attached hydrogen (secondary N) is 1. The number of hydrogen-bond acceptors (Lipinski definition) is 4. The molecule has 3 rings (SSSR count). The fraction of sp³-hybridized carbons (Fsp3) is 0.0500. The van der Waals surface area contributed by atoms with Crippen LogP contribution in [0.3, 0.4) is 0 Å². The maximum atomic E-state index is 13.1. The Balaban J connectivity index is 1.84. The number of amides is 1. The van der Waals surface area contributed by atoms with E-state index in [1.165, 1.54) is 19.2 Å². The summed E-state index contributed by atoms with van der Waals surface area (Å²) >= 11 is 0. The first-order valence-electron chi connectivity index (χ1n) is 8.12. The van der Waals surface area contributed by atoms with Crippen LogP contribution in [0, 0.1) is 5.82 Å². The number of carbonyl (C=O) groups is 1. The lowest BCUT2D eigenvalue weighted by atomic mass is 10.0. The van der Waals surface area contributed by atoms with E-state index in [4.69, 9.17) is 5.73 Å². The zero-order chi connectivity index (χ0) is 19.4. The zero-order valence-corrected chi connectivity index (χ0v) is 15.4. The molecule has 0 bridgehead atoms. The standard InChI is InChI=1S/C20H18FN3O2S/c1-23-27(26)17-9-4-14(5-10-17)20(25)24-19-12-15(6-11-18(19)22)13-2-7-16(21)8-3-13/h2-12,27H,22H2,1H3,(H,24,25). The summed E-state index contributed by atoms with van der Waals surface area (Å²) in [6, 6.07) is 17.7. The van der Waals surface area contributed by atoms with E-state index < -0.39 is 10.6 Å². The Morgan fingerprint density at radius 3 is 2.26 bits per heavy atom. The van der Waals surface area contributed by atoms with Crippen molar-refractivity contribution in [2.75, 3.05) is 18.1 Å². The van der Waals surface area contributed by atoms with Gasteiger partial charge in [-0.05, 0) is 59.7 Å². The van der Waals surface area contributed by atoms with Gasteiger partial charge >= 0.3 is 0 Å². The van der Waals surface area contributed by atoms with Crippen LogP contribution in [-0.4, -0.2) is 17.2 Å². The second-order valence-corrected chi connectivity index (χ2v) is 7.25. The third-order valence-corrected chi connectivity index (χ3v) is 5.11. The fourth-order valence-corrected chi connectivity index (χ4v) is 3.17. The monoisotopic (exact) mass is 383 g/mol. The number of nitrogen functional groups attached to an aromatic ring is 1. The highest BCUT2D eigenvalue weighted by Crippen LogP contribution is 2.28. The van der Waals surface area contributed by atoms with Crippen LogP contribution >= 0.6 is 0 Å². The number of nitrogens with zero attached hydrogens (tertiary/aromatic N) is 1. The largest absolute Gasteiger partial charge is 0.397 e. The highest BCUT2D eigenvalue weighted by atomic mass is 32.2. The molecule has 0 saturated carbocycles. The van der Waals surface area contributed by atoms with Crippen molar-refractivity contribution in [3.63, 3.8) is 0 Å². The predicted octanol–water partition coefficient (Wildman–Crippen LogP) is 3.98. The average molecular weight is 383 g/mol. The summed E-state index contributed by atoms with van der Waals surface area (Å²) in [5, 5.41) is 2.78.